The van der Waals surface area contributed by atoms with Crippen molar-refractivity contribution in [2.75, 3.05) is 13.2 Å². The second kappa shape index (κ2) is 13.3. The lowest BCUT2D eigenvalue weighted by molar-refractivity contribution is -0.141. The van der Waals surface area contributed by atoms with Crippen LogP contribution in [0.1, 0.15) is 42.0 Å². The van der Waals surface area contributed by atoms with Gasteiger partial charge in [0.15, 0.2) is 0 Å². The van der Waals surface area contributed by atoms with Crippen LogP contribution in [0.2, 0.25) is 0 Å². The first-order chi connectivity index (χ1) is 17.0. The molecule has 0 radical (unpaired) electrons. The summed E-state index contributed by atoms with van der Waals surface area (Å²) in [6, 6.07) is 25.2. The van der Waals surface area contributed by atoms with Gasteiger partial charge >= 0.3 is 0 Å². The van der Waals surface area contributed by atoms with Gasteiger partial charge in [-0.05, 0) is 50.5 Å². The SMILES string of the molecule is CCNC(=O)C(Cc1ccccc1)N(Cc1cccc(C)c1)C(=O)CCCOc1ccc(C)cc1. The molecule has 2 amide bonds. The number of nitrogens with one attached hydrogen (secondary N) is 1. The highest BCUT2D eigenvalue weighted by atomic mass is 16.5. The number of rotatable bonds is 12. The zero-order chi connectivity index (χ0) is 25.0. The Balaban J connectivity index is 1.76. The maximum Gasteiger partial charge on any atom is 0.243 e. The summed E-state index contributed by atoms with van der Waals surface area (Å²) >= 11 is 0. The van der Waals surface area contributed by atoms with Gasteiger partial charge in [0.2, 0.25) is 11.8 Å². The number of likely N-dealkylation sites (N-methyl/N-ethyl adjacent to an activating group) is 1. The predicted molar refractivity (Wildman–Crippen MR) is 140 cm³/mol. The summed E-state index contributed by atoms with van der Waals surface area (Å²) in [4.78, 5) is 28.4. The summed E-state index contributed by atoms with van der Waals surface area (Å²) in [6.07, 6.45) is 1.34. The number of hydrogen-bond acceptors (Lipinski definition) is 3. The first-order valence-electron chi connectivity index (χ1n) is 12.3. The number of hydrogen-bond donors (Lipinski definition) is 1. The van der Waals surface area contributed by atoms with E-state index in [1.54, 1.807) is 4.90 Å². The van der Waals surface area contributed by atoms with Crippen LogP contribution in [0, 0.1) is 13.8 Å². The predicted octanol–water partition coefficient (Wildman–Crippen LogP) is 5.24. The second-order valence-corrected chi connectivity index (χ2v) is 8.88. The van der Waals surface area contributed by atoms with Crippen LogP contribution < -0.4 is 10.1 Å². The molecule has 3 aromatic rings. The Labute approximate surface area is 209 Å². The zero-order valence-electron chi connectivity index (χ0n) is 21.0. The summed E-state index contributed by atoms with van der Waals surface area (Å²) in [7, 11) is 0. The van der Waals surface area contributed by atoms with Crippen molar-refractivity contribution >= 4 is 11.8 Å². The molecule has 1 atom stereocenters. The Morgan fingerprint density at radius 1 is 0.886 bits per heavy atom. The average molecular weight is 473 g/mol. The summed E-state index contributed by atoms with van der Waals surface area (Å²) in [5.41, 5.74) is 4.33. The highest BCUT2D eigenvalue weighted by Crippen LogP contribution is 2.18. The van der Waals surface area contributed by atoms with Gasteiger partial charge in [0.1, 0.15) is 11.8 Å². The van der Waals surface area contributed by atoms with E-state index in [0.717, 1.165) is 22.4 Å². The number of benzene rings is 3. The molecule has 1 N–H and O–H groups in total. The molecule has 0 heterocycles. The molecule has 0 saturated heterocycles. The first kappa shape index (κ1) is 26.0. The van der Waals surface area contributed by atoms with E-state index in [9.17, 15) is 9.59 Å². The lowest BCUT2D eigenvalue weighted by Gasteiger charge is -2.31. The van der Waals surface area contributed by atoms with E-state index in [4.69, 9.17) is 4.74 Å². The Morgan fingerprint density at radius 2 is 1.60 bits per heavy atom. The lowest BCUT2D eigenvalue weighted by atomic mass is 10.0. The number of ether oxygens (including phenoxy) is 1. The van der Waals surface area contributed by atoms with Gasteiger partial charge in [-0.1, -0.05) is 77.9 Å². The molecule has 5 nitrogen and oxygen atoms in total. The Bertz CT molecular complexity index is 1080. The fourth-order valence-corrected chi connectivity index (χ4v) is 4.04. The molecule has 0 fully saturated rings. The van der Waals surface area contributed by atoms with E-state index in [2.05, 4.69) is 11.4 Å². The maximum atomic E-state index is 13.5. The first-order valence-corrected chi connectivity index (χ1v) is 12.3. The van der Waals surface area contributed by atoms with Crippen molar-refractivity contribution in [3.8, 4) is 5.75 Å². The monoisotopic (exact) mass is 472 g/mol. The summed E-state index contributed by atoms with van der Waals surface area (Å²) < 4.78 is 5.82. The number of carbonyl (C=O) groups excluding carboxylic acids is 2. The molecule has 0 bridgehead atoms. The van der Waals surface area contributed by atoms with Crippen LogP contribution in [0.4, 0.5) is 0 Å². The maximum absolute atomic E-state index is 13.5. The minimum atomic E-state index is -0.594. The van der Waals surface area contributed by atoms with Crippen molar-refractivity contribution in [2.24, 2.45) is 0 Å². The van der Waals surface area contributed by atoms with Gasteiger partial charge < -0.3 is 15.0 Å². The van der Waals surface area contributed by atoms with Crippen LogP contribution in [0.15, 0.2) is 78.9 Å². The van der Waals surface area contributed by atoms with Crippen LogP contribution >= 0.6 is 0 Å². The van der Waals surface area contributed by atoms with Gasteiger partial charge in [0.25, 0.3) is 0 Å². The largest absolute Gasteiger partial charge is 0.494 e. The molecule has 0 aliphatic heterocycles. The third-order valence-electron chi connectivity index (χ3n) is 5.88. The van der Waals surface area contributed by atoms with Crippen LogP contribution in [0.25, 0.3) is 0 Å². The van der Waals surface area contributed by atoms with Crippen molar-refractivity contribution in [3.63, 3.8) is 0 Å². The topological polar surface area (TPSA) is 58.6 Å². The van der Waals surface area contributed by atoms with Gasteiger partial charge in [-0.2, -0.15) is 0 Å². The van der Waals surface area contributed by atoms with Gasteiger partial charge in [-0.3, -0.25) is 9.59 Å². The molecule has 35 heavy (non-hydrogen) atoms. The Morgan fingerprint density at radius 3 is 2.29 bits per heavy atom. The Hall–Kier alpha value is -3.60. The fraction of sp³-hybridized carbons (Fsp3) is 0.333. The quantitative estimate of drug-likeness (QED) is 0.367. The zero-order valence-corrected chi connectivity index (χ0v) is 21.0. The van der Waals surface area contributed by atoms with Crippen molar-refractivity contribution in [1.29, 1.82) is 0 Å². The van der Waals surface area contributed by atoms with Crippen molar-refractivity contribution in [3.05, 3.63) is 101 Å². The van der Waals surface area contributed by atoms with Crippen molar-refractivity contribution in [1.82, 2.24) is 10.2 Å². The molecule has 0 aliphatic rings. The highest BCUT2D eigenvalue weighted by molar-refractivity contribution is 5.88. The molecule has 3 aromatic carbocycles. The van der Waals surface area contributed by atoms with Crippen LogP contribution in [0.3, 0.4) is 0 Å². The molecule has 0 aliphatic carbocycles. The number of amides is 2. The van der Waals surface area contributed by atoms with Crippen molar-refractivity contribution in [2.45, 2.75) is 52.6 Å². The van der Waals surface area contributed by atoms with Gasteiger partial charge in [0, 0.05) is 25.9 Å². The third kappa shape index (κ3) is 8.29. The number of nitrogens with zero attached hydrogens (tertiary/aromatic N) is 1. The lowest BCUT2D eigenvalue weighted by Crippen LogP contribution is -2.50. The molecule has 0 aromatic heterocycles. The molecule has 3 rings (SSSR count). The van der Waals surface area contributed by atoms with Crippen LogP contribution in [-0.4, -0.2) is 35.9 Å². The standard InChI is InChI=1S/C30H36N2O3/c1-4-31-30(34)28(21-25-11-6-5-7-12-25)32(22-26-13-8-10-24(3)20-26)29(33)14-9-19-35-27-17-15-23(2)16-18-27/h5-8,10-13,15-18,20,28H,4,9,14,19,21-22H2,1-3H3,(H,31,34). The van der Waals surface area contributed by atoms with E-state index in [0.29, 0.717) is 39.0 Å². The van der Waals surface area contributed by atoms with E-state index in [-0.39, 0.29) is 11.8 Å². The summed E-state index contributed by atoms with van der Waals surface area (Å²) in [5, 5.41) is 2.93. The minimum absolute atomic E-state index is 0.0498. The van der Waals surface area contributed by atoms with Crippen LogP contribution in [-0.2, 0) is 22.6 Å². The molecular formula is C30H36N2O3. The van der Waals surface area contributed by atoms with E-state index in [1.807, 2.05) is 93.6 Å². The number of carbonyl (C=O) groups is 2. The molecule has 5 heteroatoms. The van der Waals surface area contributed by atoms with Crippen molar-refractivity contribution < 1.29 is 14.3 Å². The molecular weight excluding hydrogens is 436 g/mol. The molecule has 1 unspecified atom stereocenters. The smallest absolute Gasteiger partial charge is 0.243 e. The van der Waals surface area contributed by atoms with E-state index >= 15 is 0 Å². The van der Waals surface area contributed by atoms with Gasteiger partial charge in [0.05, 0.1) is 6.61 Å². The molecule has 184 valence electrons. The van der Waals surface area contributed by atoms with Gasteiger partial charge in [-0.25, -0.2) is 0 Å². The number of aryl methyl sites for hydroxylation is 2. The highest BCUT2D eigenvalue weighted by Gasteiger charge is 2.29. The van der Waals surface area contributed by atoms with E-state index < -0.39 is 6.04 Å². The Kier molecular flexibility index (Phi) is 9.91. The third-order valence-corrected chi connectivity index (χ3v) is 5.88. The minimum Gasteiger partial charge on any atom is -0.494 e. The second-order valence-electron chi connectivity index (χ2n) is 8.88. The fourth-order valence-electron chi connectivity index (χ4n) is 4.04. The molecule has 0 spiro atoms. The normalized spacial score (nSPS) is 11.5. The molecule has 0 saturated carbocycles. The van der Waals surface area contributed by atoms with Crippen LogP contribution in [0.5, 0.6) is 5.75 Å². The van der Waals surface area contributed by atoms with Gasteiger partial charge in [-0.15, -0.1) is 0 Å². The van der Waals surface area contributed by atoms with E-state index in [1.165, 1.54) is 5.56 Å². The summed E-state index contributed by atoms with van der Waals surface area (Å²) in [5.74, 6) is 0.614. The average Bonchev–Trinajstić information content (AvgIpc) is 2.86. The summed E-state index contributed by atoms with van der Waals surface area (Å²) in [6.45, 7) is 7.30.